The molecule has 0 aromatic carbocycles. The maximum absolute atomic E-state index is 12.3. The molecule has 0 aromatic heterocycles. The van der Waals surface area contributed by atoms with Crippen molar-refractivity contribution < 1.29 is 58.6 Å². The van der Waals surface area contributed by atoms with Gasteiger partial charge in [0, 0.05) is 13.2 Å². The second-order valence-corrected chi connectivity index (χ2v) is 9.66. The maximum Gasteiger partial charge on any atom is 0.331 e. The van der Waals surface area contributed by atoms with Crippen molar-refractivity contribution in [2.24, 2.45) is 0 Å². The van der Waals surface area contributed by atoms with Crippen LogP contribution in [0.3, 0.4) is 0 Å². The number of carbonyl (C=O) groups excluding carboxylic acids is 1. The number of rotatable bonds is 15. The molecule has 1 aliphatic rings. The van der Waals surface area contributed by atoms with Crippen LogP contribution in [-0.4, -0.2) is 125 Å². The van der Waals surface area contributed by atoms with Gasteiger partial charge in [0.2, 0.25) is 5.91 Å². The van der Waals surface area contributed by atoms with Gasteiger partial charge in [-0.2, -0.15) is 0 Å². The lowest BCUT2D eigenvalue weighted by molar-refractivity contribution is -0.149. The monoisotopic (exact) mass is 488 g/mol. The van der Waals surface area contributed by atoms with E-state index in [1.54, 1.807) is 0 Å². The van der Waals surface area contributed by atoms with Crippen LogP contribution in [0.25, 0.3) is 0 Å². The number of nitrogens with one attached hydrogen (secondary N) is 2. The molecule has 14 nitrogen and oxygen atoms in total. The van der Waals surface area contributed by atoms with Crippen LogP contribution >= 0.6 is 7.60 Å². The van der Waals surface area contributed by atoms with Crippen molar-refractivity contribution in [1.82, 2.24) is 10.6 Å². The molecule has 1 aliphatic heterocycles. The number of methoxy groups -OCH3 is 1. The van der Waals surface area contributed by atoms with Crippen LogP contribution in [0.5, 0.6) is 0 Å². The Labute approximate surface area is 185 Å². The highest BCUT2D eigenvalue weighted by atomic mass is 31.2. The highest BCUT2D eigenvalue weighted by molar-refractivity contribution is 7.52. The normalized spacial score (nSPS) is 28.0. The van der Waals surface area contributed by atoms with Crippen molar-refractivity contribution in [2.75, 3.05) is 46.3 Å². The average molecular weight is 488 g/mol. The molecule has 1 heterocycles. The molecule has 8 N–H and O–H groups in total. The topological polar surface area (TPSA) is 224 Å². The van der Waals surface area contributed by atoms with Crippen LogP contribution in [0.15, 0.2) is 0 Å². The van der Waals surface area contributed by atoms with Crippen molar-refractivity contribution >= 4 is 19.5 Å². The Morgan fingerprint density at radius 3 is 2.38 bits per heavy atom. The first-order valence-electron chi connectivity index (χ1n) is 9.83. The molecule has 0 aromatic rings. The molecule has 1 rings (SSSR count). The summed E-state index contributed by atoms with van der Waals surface area (Å²) in [7, 11) is -3.07. The lowest BCUT2D eigenvalue weighted by Crippen LogP contribution is -2.56. The van der Waals surface area contributed by atoms with Crippen molar-refractivity contribution in [3.63, 3.8) is 0 Å². The number of ether oxygens (including phenoxy) is 2. The molecule has 1 fully saturated rings. The molecule has 0 radical (unpaired) electrons. The SMILES string of the molecule is COCCOCC(=O)NC(C)(COP(=O)(O)C[C@H](O)C[C@H]1N[C@H](CO)[C@@H](O)[C@@H]1O)C(=O)O. The van der Waals surface area contributed by atoms with Crippen LogP contribution in [0.2, 0.25) is 0 Å². The predicted octanol–water partition coefficient (Wildman–Crippen LogP) is -3.38. The number of carbonyl (C=O) groups is 2. The summed E-state index contributed by atoms with van der Waals surface area (Å²) < 4.78 is 26.9. The van der Waals surface area contributed by atoms with Gasteiger partial charge in [-0.05, 0) is 13.3 Å². The molecule has 0 bridgehead atoms. The van der Waals surface area contributed by atoms with Crippen molar-refractivity contribution in [3.05, 3.63) is 0 Å². The second kappa shape index (κ2) is 12.9. The standard InChI is InChI=1S/C17H33N2O12P/c1-17(16(25)26,19-13(22)7-30-4-3-29-2)9-31-32(27,28)8-10(21)5-11-14(23)15(24)12(6-20)18-11/h10-12,14-15,18,20-21,23-24H,3-9H2,1-2H3,(H,19,22)(H,25,26)(H,27,28)/t10-,11-,12-,14-,15-,17?/m1/s1. The molecular formula is C17H33N2O12P. The maximum atomic E-state index is 12.3. The van der Waals surface area contributed by atoms with E-state index in [0.717, 1.165) is 6.92 Å². The Kier molecular flexibility index (Phi) is 11.6. The number of carboxylic acids is 1. The number of amides is 1. The zero-order valence-electron chi connectivity index (χ0n) is 17.9. The lowest BCUT2D eigenvalue weighted by atomic mass is 10.0. The van der Waals surface area contributed by atoms with Gasteiger partial charge in [0.1, 0.15) is 6.61 Å². The van der Waals surface area contributed by atoms with E-state index in [2.05, 4.69) is 10.6 Å². The summed E-state index contributed by atoms with van der Waals surface area (Å²) in [6.45, 7) is -0.372. The van der Waals surface area contributed by atoms with Crippen LogP contribution < -0.4 is 10.6 Å². The van der Waals surface area contributed by atoms with Crippen LogP contribution in [0, 0.1) is 0 Å². The zero-order chi connectivity index (χ0) is 24.5. The highest BCUT2D eigenvalue weighted by Crippen LogP contribution is 2.44. The third kappa shape index (κ3) is 8.98. The quantitative estimate of drug-likeness (QED) is 0.0833. The van der Waals surface area contributed by atoms with Crippen molar-refractivity contribution in [1.29, 1.82) is 0 Å². The van der Waals surface area contributed by atoms with Crippen LogP contribution in [0.1, 0.15) is 13.3 Å². The minimum atomic E-state index is -4.51. The Hall–Kier alpha value is -1.19. The first kappa shape index (κ1) is 28.8. The summed E-state index contributed by atoms with van der Waals surface area (Å²) in [5, 5.41) is 53.2. The molecule has 7 atom stereocenters. The summed E-state index contributed by atoms with van der Waals surface area (Å²) in [6.07, 6.45) is -5.07. The van der Waals surface area contributed by atoms with Gasteiger partial charge in [0.05, 0.1) is 56.9 Å². The number of aliphatic carboxylic acids is 1. The number of aliphatic hydroxyl groups is 4. The first-order valence-corrected chi connectivity index (χ1v) is 11.6. The van der Waals surface area contributed by atoms with Gasteiger partial charge in [-0.3, -0.25) is 9.36 Å². The first-order chi connectivity index (χ1) is 14.8. The second-order valence-electron chi connectivity index (χ2n) is 7.76. The molecular weight excluding hydrogens is 455 g/mol. The fourth-order valence-electron chi connectivity index (χ4n) is 3.04. The number of hydrogen-bond donors (Lipinski definition) is 8. The van der Waals surface area contributed by atoms with E-state index in [1.165, 1.54) is 7.11 Å². The molecule has 0 aliphatic carbocycles. The minimum Gasteiger partial charge on any atom is -0.479 e. The van der Waals surface area contributed by atoms with Gasteiger partial charge in [-0.1, -0.05) is 0 Å². The Bertz CT molecular complexity index is 667. The summed E-state index contributed by atoms with van der Waals surface area (Å²) >= 11 is 0. The molecule has 0 saturated carbocycles. The molecule has 1 amide bonds. The summed E-state index contributed by atoms with van der Waals surface area (Å²) in [5.74, 6) is -2.31. The van der Waals surface area contributed by atoms with E-state index in [0.29, 0.717) is 0 Å². The van der Waals surface area contributed by atoms with Gasteiger partial charge >= 0.3 is 13.6 Å². The highest BCUT2D eigenvalue weighted by Gasteiger charge is 2.42. The average Bonchev–Trinajstić information content (AvgIpc) is 2.97. The number of aliphatic hydroxyl groups excluding tert-OH is 4. The molecule has 32 heavy (non-hydrogen) atoms. The largest absolute Gasteiger partial charge is 0.479 e. The van der Waals surface area contributed by atoms with Crippen molar-refractivity contribution in [3.8, 4) is 0 Å². The number of carboxylic acid groups (broad SMARTS) is 1. The molecule has 2 unspecified atom stereocenters. The van der Waals surface area contributed by atoms with Crippen LogP contribution in [-0.2, 0) is 28.2 Å². The molecule has 15 heteroatoms. The van der Waals surface area contributed by atoms with Crippen molar-refractivity contribution in [2.45, 2.75) is 49.3 Å². The van der Waals surface area contributed by atoms with E-state index in [4.69, 9.17) is 19.1 Å². The zero-order valence-corrected chi connectivity index (χ0v) is 18.8. The summed E-state index contributed by atoms with van der Waals surface area (Å²) in [6, 6.07) is -1.66. The fourth-order valence-corrected chi connectivity index (χ4v) is 4.28. The van der Waals surface area contributed by atoms with E-state index in [1.807, 2.05) is 0 Å². The predicted molar refractivity (Wildman–Crippen MR) is 108 cm³/mol. The lowest BCUT2D eigenvalue weighted by Gasteiger charge is -2.28. The molecule has 1 saturated heterocycles. The fraction of sp³-hybridized carbons (Fsp3) is 0.882. The third-order valence-corrected chi connectivity index (χ3v) is 6.29. The Morgan fingerprint density at radius 2 is 1.84 bits per heavy atom. The Balaban J connectivity index is 2.59. The van der Waals surface area contributed by atoms with Crippen LogP contribution in [0.4, 0.5) is 0 Å². The van der Waals surface area contributed by atoms with Gasteiger partial charge in [0.25, 0.3) is 0 Å². The third-order valence-electron chi connectivity index (χ3n) is 4.87. The smallest absolute Gasteiger partial charge is 0.331 e. The van der Waals surface area contributed by atoms with E-state index in [-0.39, 0.29) is 19.6 Å². The van der Waals surface area contributed by atoms with E-state index >= 15 is 0 Å². The van der Waals surface area contributed by atoms with Gasteiger partial charge in [0.15, 0.2) is 5.54 Å². The minimum absolute atomic E-state index is 0.106. The summed E-state index contributed by atoms with van der Waals surface area (Å²) in [4.78, 5) is 33.5. The molecule has 188 valence electrons. The number of hydrogen-bond acceptors (Lipinski definition) is 11. The van der Waals surface area contributed by atoms with E-state index < -0.39 is 81.4 Å². The molecule has 0 spiro atoms. The Morgan fingerprint density at radius 1 is 1.22 bits per heavy atom. The summed E-state index contributed by atoms with van der Waals surface area (Å²) in [5.41, 5.74) is -2.05. The van der Waals surface area contributed by atoms with Gasteiger partial charge in [-0.25, -0.2) is 4.79 Å². The van der Waals surface area contributed by atoms with Gasteiger partial charge in [-0.15, -0.1) is 0 Å². The van der Waals surface area contributed by atoms with E-state index in [9.17, 15) is 39.5 Å². The van der Waals surface area contributed by atoms with Gasteiger partial charge < -0.3 is 55.1 Å².